The van der Waals surface area contributed by atoms with Gasteiger partial charge in [0.15, 0.2) is 11.5 Å². The molecular formula is C16H24N2O6S. The Labute approximate surface area is 148 Å². The first kappa shape index (κ1) is 19.5. The van der Waals surface area contributed by atoms with Gasteiger partial charge in [0, 0.05) is 39.8 Å². The van der Waals surface area contributed by atoms with E-state index in [2.05, 4.69) is 5.32 Å². The van der Waals surface area contributed by atoms with Crippen LogP contribution in [0.5, 0.6) is 11.5 Å². The molecule has 1 aliphatic heterocycles. The number of methoxy groups -OCH3 is 1. The number of hydrogen-bond acceptors (Lipinski definition) is 6. The lowest BCUT2D eigenvalue weighted by Gasteiger charge is -2.18. The van der Waals surface area contributed by atoms with Gasteiger partial charge in [0.1, 0.15) is 0 Å². The average molecular weight is 372 g/mol. The van der Waals surface area contributed by atoms with E-state index in [9.17, 15) is 13.2 Å². The Morgan fingerprint density at radius 3 is 2.72 bits per heavy atom. The molecule has 1 aliphatic rings. The van der Waals surface area contributed by atoms with E-state index in [1.54, 1.807) is 13.2 Å². The highest BCUT2D eigenvalue weighted by Crippen LogP contribution is 2.32. The monoisotopic (exact) mass is 372 g/mol. The fourth-order valence-corrected chi connectivity index (χ4v) is 3.41. The van der Waals surface area contributed by atoms with Crippen molar-refractivity contribution in [1.29, 1.82) is 0 Å². The largest absolute Gasteiger partial charge is 0.490 e. The number of rotatable bonds is 8. The van der Waals surface area contributed by atoms with E-state index in [0.717, 1.165) is 10.7 Å². The molecule has 0 aromatic heterocycles. The maximum absolute atomic E-state index is 12.6. The van der Waals surface area contributed by atoms with E-state index in [1.165, 1.54) is 19.2 Å². The number of ether oxygens (including phenoxy) is 3. The molecule has 1 amide bonds. The molecule has 0 fully saturated rings. The molecule has 0 aliphatic carbocycles. The van der Waals surface area contributed by atoms with Gasteiger partial charge in [-0.2, -0.15) is 4.31 Å². The SMILES string of the molecule is COCCCNC(=O)CN(C)S(=O)(=O)c1ccc2c(c1)OCCCO2. The van der Waals surface area contributed by atoms with Gasteiger partial charge in [-0.15, -0.1) is 0 Å². The maximum atomic E-state index is 12.6. The van der Waals surface area contributed by atoms with E-state index in [1.807, 2.05) is 0 Å². The molecule has 0 radical (unpaired) electrons. The number of benzene rings is 1. The molecule has 0 unspecified atom stereocenters. The van der Waals surface area contributed by atoms with Crippen molar-refractivity contribution in [3.05, 3.63) is 18.2 Å². The molecular weight excluding hydrogens is 348 g/mol. The molecule has 1 aromatic carbocycles. The topological polar surface area (TPSA) is 94.2 Å². The van der Waals surface area contributed by atoms with Gasteiger partial charge < -0.3 is 19.5 Å². The molecule has 1 aromatic rings. The molecule has 1 N–H and O–H groups in total. The Hall–Kier alpha value is -1.84. The predicted molar refractivity (Wildman–Crippen MR) is 91.4 cm³/mol. The number of carbonyl (C=O) groups is 1. The van der Waals surface area contributed by atoms with E-state index in [-0.39, 0.29) is 17.3 Å². The molecule has 140 valence electrons. The summed E-state index contributed by atoms with van der Waals surface area (Å²) in [6.45, 7) is 1.71. The molecule has 0 bridgehead atoms. The summed E-state index contributed by atoms with van der Waals surface area (Å²) in [5.41, 5.74) is 0. The second kappa shape index (κ2) is 9.02. The van der Waals surface area contributed by atoms with Crippen LogP contribution >= 0.6 is 0 Å². The summed E-state index contributed by atoms with van der Waals surface area (Å²) in [4.78, 5) is 11.9. The van der Waals surface area contributed by atoms with Crippen molar-refractivity contribution >= 4 is 15.9 Å². The zero-order chi connectivity index (χ0) is 18.3. The van der Waals surface area contributed by atoms with Gasteiger partial charge in [0.2, 0.25) is 15.9 Å². The molecule has 0 atom stereocenters. The van der Waals surface area contributed by atoms with Crippen LogP contribution in [0.1, 0.15) is 12.8 Å². The zero-order valence-corrected chi connectivity index (χ0v) is 15.3. The summed E-state index contributed by atoms with van der Waals surface area (Å²) < 4.78 is 42.2. The van der Waals surface area contributed by atoms with Crippen LogP contribution in [-0.4, -0.2) is 65.7 Å². The van der Waals surface area contributed by atoms with E-state index < -0.39 is 10.0 Å². The van der Waals surface area contributed by atoms with Crippen LogP contribution in [-0.2, 0) is 19.6 Å². The molecule has 0 saturated heterocycles. The molecule has 2 rings (SSSR count). The minimum atomic E-state index is -3.80. The molecule has 8 nitrogen and oxygen atoms in total. The Bertz CT molecular complexity index is 692. The second-order valence-electron chi connectivity index (χ2n) is 5.62. The molecule has 0 saturated carbocycles. The van der Waals surface area contributed by atoms with Crippen LogP contribution in [0.25, 0.3) is 0 Å². The third-order valence-corrected chi connectivity index (χ3v) is 5.44. The van der Waals surface area contributed by atoms with Crippen molar-refractivity contribution in [2.24, 2.45) is 0 Å². The first-order valence-electron chi connectivity index (χ1n) is 8.07. The summed E-state index contributed by atoms with van der Waals surface area (Å²) in [6.07, 6.45) is 1.40. The second-order valence-corrected chi connectivity index (χ2v) is 7.66. The number of amides is 1. The number of fused-ring (bicyclic) bond motifs is 1. The fraction of sp³-hybridized carbons (Fsp3) is 0.562. The van der Waals surface area contributed by atoms with Crippen LogP contribution in [0, 0.1) is 0 Å². The quantitative estimate of drug-likeness (QED) is 0.673. The van der Waals surface area contributed by atoms with Crippen LogP contribution < -0.4 is 14.8 Å². The third kappa shape index (κ3) is 5.32. The Balaban J connectivity index is 2.02. The highest BCUT2D eigenvalue weighted by atomic mass is 32.2. The van der Waals surface area contributed by atoms with Crippen molar-refractivity contribution in [2.75, 3.05) is 47.1 Å². The van der Waals surface area contributed by atoms with Gasteiger partial charge >= 0.3 is 0 Å². The van der Waals surface area contributed by atoms with Crippen LogP contribution in [0.4, 0.5) is 0 Å². The van der Waals surface area contributed by atoms with Gasteiger partial charge in [0.25, 0.3) is 0 Å². The molecule has 9 heteroatoms. The lowest BCUT2D eigenvalue weighted by atomic mass is 10.3. The highest BCUT2D eigenvalue weighted by Gasteiger charge is 2.25. The predicted octanol–water partition coefficient (Wildman–Crippen LogP) is 0.621. The van der Waals surface area contributed by atoms with Crippen LogP contribution in [0.2, 0.25) is 0 Å². The Morgan fingerprint density at radius 2 is 2.00 bits per heavy atom. The summed E-state index contributed by atoms with van der Waals surface area (Å²) >= 11 is 0. The summed E-state index contributed by atoms with van der Waals surface area (Å²) in [5.74, 6) is 0.558. The number of carbonyl (C=O) groups excluding carboxylic acids is 1. The number of nitrogens with zero attached hydrogens (tertiary/aromatic N) is 1. The van der Waals surface area contributed by atoms with Gasteiger partial charge in [-0.3, -0.25) is 4.79 Å². The fourth-order valence-electron chi connectivity index (χ4n) is 2.27. The van der Waals surface area contributed by atoms with Crippen molar-refractivity contribution in [3.8, 4) is 11.5 Å². The summed E-state index contributed by atoms with van der Waals surface area (Å²) in [6, 6.07) is 4.46. The van der Waals surface area contributed by atoms with Gasteiger partial charge in [-0.05, 0) is 18.6 Å². The zero-order valence-electron chi connectivity index (χ0n) is 14.5. The number of nitrogens with one attached hydrogen (secondary N) is 1. The van der Waals surface area contributed by atoms with Crippen molar-refractivity contribution in [1.82, 2.24) is 9.62 Å². The Kier molecular flexibility index (Phi) is 7.03. The lowest BCUT2D eigenvalue weighted by molar-refractivity contribution is -0.121. The molecule has 1 heterocycles. The first-order valence-corrected chi connectivity index (χ1v) is 9.51. The molecule has 0 spiro atoms. The van der Waals surface area contributed by atoms with Crippen LogP contribution in [0.3, 0.4) is 0 Å². The van der Waals surface area contributed by atoms with E-state index in [4.69, 9.17) is 14.2 Å². The van der Waals surface area contributed by atoms with E-state index in [0.29, 0.717) is 44.3 Å². The lowest BCUT2D eigenvalue weighted by Crippen LogP contribution is -2.38. The van der Waals surface area contributed by atoms with Crippen molar-refractivity contribution < 1.29 is 27.4 Å². The highest BCUT2D eigenvalue weighted by molar-refractivity contribution is 7.89. The van der Waals surface area contributed by atoms with E-state index >= 15 is 0 Å². The first-order chi connectivity index (χ1) is 11.9. The maximum Gasteiger partial charge on any atom is 0.243 e. The normalized spacial score (nSPS) is 14.2. The van der Waals surface area contributed by atoms with Gasteiger partial charge in [0.05, 0.1) is 24.7 Å². The number of sulfonamides is 1. The minimum Gasteiger partial charge on any atom is -0.490 e. The van der Waals surface area contributed by atoms with Crippen molar-refractivity contribution in [3.63, 3.8) is 0 Å². The van der Waals surface area contributed by atoms with Gasteiger partial charge in [-0.1, -0.05) is 0 Å². The summed E-state index contributed by atoms with van der Waals surface area (Å²) in [5, 5.41) is 2.66. The smallest absolute Gasteiger partial charge is 0.243 e. The minimum absolute atomic E-state index is 0.0615. The number of hydrogen-bond donors (Lipinski definition) is 1. The van der Waals surface area contributed by atoms with Gasteiger partial charge in [-0.25, -0.2) is 8.42 Å². The molecule has 25 heavy (non-hydrogen) atoms. The average Bonchev–Trinajstić information content (AvgIpc) is 2.83. The Morgan fingerprint density at radius 1 is 1.28 bits per heavy atom. The van der Waals surface area contributed by atoms with Crippen molar-refractivity contribution in [2.45, 2.75) is 17.7 Å². The van der Waals surface area contributed by atoms with Crippen LogP contribution in [0.15, 0.2) is 23.1 Å². The number of likely N-dealkylation sites (N-methyl/N-ethyl adjacent to an activating group) is 1. The standard InChI is InChI=1S/C16H24N2O6S/c1-18(12-16(19)17-7-3-8-22-2)25(20,21)13-5-6-14-15(11-13)24-10-4-9-23-14/h5-6,11H,3-4,7-10,12H2,1-2H3,(H,17,19). The third-order valence-electron chi connectivity index (χ3n) is 3.64. The summed E-state index contributed by atoms with van der Waals surface area (Å²) in [7, 11) is -0.853.